The Morgan fingerprint density at radius 3 is 2.36 bits per heavy atom. The van der Waals surface area contributed by atoms with E-state index in [2.05, 4.69) is 0 Å². The van der Waals surface area contributed by atoms with Gasteiger partial charge in [0.2, 0.25) is 0 Å². The first-order valence-electron chi connectivity index (χ1n) is 3.48. The molecule has 0 aliphatic carbocycles. The highest BCUT2D eigenvalue weighted by Crippen LogP contribution is 2.09. The lowest BCUT2D eigenvalue weighted by Gasteiger charge is -2.20. The fraction of sp³-hybridized carbons (Fsp3) is 0.833. The molecule has 0 spiro atoms. The van der Waals surface area contributed by atoms with Gasteiger partial charge in [-0.25, -0.2) is 0 Å². The Morgan fingerprint density at radius 1 is 1.64 bits per heavy atom. The molecule has 0 aliphatic rings. The van der Waals surface area contributed by atoms with Gasteiger partial charge in [-0.05, 0) is 6.04 Å². The molecule has 0 aromatic heterocycles. The van der Waals surface area contributed by atoms with Crippen LogP contribution in [0.1, 0.15) is 0 Å². The van der Waals surface area contributed by atoms with Crippen LogP contribution in [0, 0.1) is 0 Å². The zero-order valence-electron chi connectivity index (χ0n) is 6.87. The van der Waals surface area contributed by atoms with E-state index in [0.29, 0.717) is 6.04 Å². The van der Waals surface area contributed by atoms with Crippen LogP contribution in [0.3, 0.4) is 0 Å². The monoisotopic (exact) mass is 177 g/mol. The van der Waals surface area contributed by atoms with Gasteiger partial charge < -0.3 is 15.9 Å². The number of hydrogen-bond acceptors (Lipinski definition) is 3. The van der Waals surface area contributed by atoms with E-state index in [-0.39, 0.29) is 6.23 Å². The molecule has 0 saturated carbocycles. The van der Waals surface area contributed by atoms with Crippen molar-refractivity contribution in [2.75, 3.05) is 6.23 Å². The Hall–Kier alpha value is -0.393. The zero-order valence-corrected chi connectivity index (χ0v) is 7.87. The maximum atomic E-state index is 10.3. The van der Waals surface area contributed by atoms with Gasteiger partial charge in [-0.1, -0.05) is 13.1 Å². The van der Waals surface area contributed by atoms with Crippen LogP contribution < -0.4 is 5.73 Å². The predicted molar refractivity (Wildman–Crippen MR) is 45.0 cm³/mol. The molecule has 0 amide bonds. The highest BCUT2D eigenvalue weighted by molar-refractivity contribution is 6.77. The van der Waals surface area contributed by atoms with Gasteiger partial charge in [-0.3, -0.25) is 4.79 Å². The fourth-order valence-corrected chi connectivity index (χ4v) is 2.24. The third kappa shape index (κ3) is 4.13. The summed E-state index contributed by atoms with van der Waals surface area (Å²) < 4.78 is 0. The molecular weight excluding hydrogens is 162 g/mol. The third-order valence-corrected chi connectivity index (χ3v) is 3.92. The van der Waals surface area contributed by atoms with Crippen LogP contribution in [0.2, 0.25) is 19.1 Å². The highest BCUT2D eigenvalue weighted by atomic mass is 28.3. The Labute approximate surface area is 67.0 Å². The van der Waals surface area contributed by atoms with Crippen molar-refractivity contribution in [1.29, 1.82) is 0 Å². The number of nitrogens with two attached hydrogens (primary N) is 1. The quantitative estimate of drug-likeness (QED) is 0.512. The van der Waals surface area contributed by atoms with E-state index in [1.165, 1.54) is 0 Å². The SMILES string of the molecule is C[Si](C)(CO)C[C@H](N)C(=O)O. The molecule has 4 N–H and O–H groups in total. The summed E-state index contributed by atoms with van der Waals surface area (Å²) in [6, 6.07) is -0.387. The Morgan fingerprint density at radius 2 is 2.09 bits per heavy atom. The van der Waals surface area contributed by atoms with Crippen molar-refractivity contribution in [3.8, 4) is 0 Å². The van der Waals surface area contributed by atoms with Crippen LogP contribution in [0.25, 0.3) is 0 Å². The van der Waals surface area contributed by atoms with Crippen LogP contribution in [0.5, 0.6) is 0 Å². The molecule has 5 heteroatoms. The van der Waals surface area contributed by atoms with E-state index in [0.717, 1.165) is 0 Å². The fourth-order valence-electron chi connectivity index (χ4n) is 0.747. The van der Waals surface area contributed by atoms with E-state index in [9.17, 15) is 4.79 Å². The standard InChI is InChI=1S/C6H15NO3Si/c1-11(2,4-8)3-5(7)6(9)10/h5,8H,3-4,7H2,1-2H3,(H,9,10)/t5-/m0/s1. The molecule has 0 saturated heterocycles. The van der Waals surface area contributed by atoms with Gasteiger partial charge in [0.05, 0.1) is 8.07 Å². The minimum absolute atomic E-state index is 0.0913. The minimum Gasteiger partial charge on any atom is -0.480 e. The van der Waals surface area contributed by atoms with Crippen molar-refractivity contribution in [2.45, 2.75) is 25.2 Å². The number of hydrogen-bond donors (Lipinski definition) is 3. The largest absolute Gasteiger partial charge is 0.480 e. The molecule has 0 radical (unpaired) electrons. The minimum atomic E-state index is -1.75. The van der Waals surface area contributed by atoms with Crippen LogP contribution >= 0.6 is 0 Å². The van der Waals surface area contributed by atoms with Gasteiger partial charge >= 0.3 is 5.97 Å². The Bertz CT molecular complexity index is 149. The molecule has 0 aromatic rings. The number of aliphatic hydroxyl groups is 1. The lowest BCUT2D eigenvalue weighted by molar-refractivity contribution is -0.138. The number of carboxylic acids is 1. The smallest absolute Gasteiger partial charge is 0.320 e. The van der Waals surface area contributed by atoms with Crippen LogP contribution in [0.4, 0.5) is 0 Å². The van der Waals surface area contributed by atoms with Crippen LogP contribution in [0.15, 0.2) is 0 Å². The summed E-state index contributed by atoms with van der Waals surface area (Å²) in [5.74, 6) is -0.987. The second-order valence-electron chi connectivity index (χ2n) is 3.47. The van der Waals surface area contributed by atoms with Gasteiger partial charge in [0.1, 0.15) is 6.04 Å². The van der Waals surface area contributed by atoms with E-state index in [4.69, 9.17) is 15.9 Å². The van der Waals surface area contributed by atoms with Gasteiger partial charge in [-0.15, -0.1) is 0 Å². The number of carbonyl (C=O) groups is 1. The lowest BCUT2D eigenvalue weighted by atomic mass is 10.4. The predicted octanol–water partition coefficient (Wildman–Crippen LogP) is -0.362. The van der Waals surface area contributed by atoms with E-state index in [1.807, 2.05) is 13.1 Å². The number of aliphatic carboxylic acids is 1. The van der Waals surface area contributed by atoms with Gasteiger partial charge in [-0.2, -0.15) is 0 Å². The first-order chi connectivity index (χ1) is 4.89. The van der Waals surface area contributed by atoms with E-state index in [1.54, 1.807) is 0 Å². The molecule has 0 aliphatic heterocycles. The van der Waals surface area contributed by atoms with Crippen molar-refractivity contribution in [1.82, 2.24) is 0 Å². The van der Waals surface area contributed by atoms with Crippen molar-refractivity contribution in [3.63, 3.8) is 0 Å². The first kappa shape index (κ1) is 10.6. The van der Waals surface area contributed by atoms with Gasteiger partial charge in [0, 0.05) is 6.23 Å². The molecule has 0 heterocycles. The molecule has 0 bridgehead atoms. The normalized spacial score (nSPS) is 14.5. The molecule has 1 atom stereocenters. The number of aliphatic hydroxyl groups excluding tert-OH is 1. The van der Waals surface area contributed by atoms with Crippen molar-refractivity contribution >= 4 is 14.0 Å². The van der Waals surface area contributed by atoms with Crippen molar-refractivity contribution in [2.24, 2.45) is 5.73 Å². The van der Waals surface area contributed by atoms with Crippen molar-refractivity contribution < 1.29 is 15.0 Å². The average Bonchev–Trinajstić information content (AvgIpc) is 1.87. The summed E-state index contributed by atoms with van der Waals surface area (Å²) in [5, 5.41) is 17.3. The summed E-state index contributed by atoms with van der Waals surface area (Å²) in [5.41, 5.74) is 5.30. The Balaban J connectivity index is 3.93. The Kier molecular flexibility index (Phi) is 3.71. The summed E-state index contributed by atoms with van der Waals surface area (Å²) in [7, 11) is -1.75. The first-order valence-corrected chi connectivity index (χ1v) is 6.90. The maximum Gasteiger partial charge on any atom is 0.320 e. The molecule has 0 aromatic carbocycles. The average molecular weight is 177 g/mol. The molecule has 0 fully saturated rings. The van der Waals surface area contributed by atoms with Gasteiger partial charge in [0.15, 0.2) is 0 Å². The maximum absolute atomic E-state index is 10.3. The zero-order chi connectivity index (χ0) is 9.07. The number of rotatable bonds is 4. The van der Waals surface area contributed by atoms with E-state index >= 15 is 0 Å². The molecule has 0 unspecified atom stereocenters. The van der Waals surface area contributed by atoms with Crippen LogP contribution in [-0.2, 0) is 4.79 Å². The summed E-state index contributed by atoms with van der Waals surface area (Å²) in [4.78, 5) is 10.3. The summed E-state index contributed by atoms with van der Waals surface area (Å²) in [6.45, 7) is 3.82. The molecule has 4 nitrogen and oxygen atoms in total. The molecule has 0 rings (SSSR count). The third-order valence-electron chi connectivity index (χ3n) is 1.52. The molecular formula is C6H15NO3Si. The second kappa shape index (κ2) is 3.84. The van der Waals surface area contributed by atoms with Gasteiger partial charge in [0.25, 0.3) is 0 Å². The summed E-state index contributed by atoms with van der Waals surface area (Å²) in [6.07, 6.45) is 0.0913. The molecule has 11 heavy (non-hydrogen) atoms. The second-order valence-corrected chi connectivity index (χ2v) is 8.52. The number of carboxylic acid groups (broad SMARTS) is 1. The summed E-state index contributed by atoms with van der Waals surface area (Å²) >= 11 is 0. The highest BCUT2D eigenvalue weighted by Gasteiger charge is 2.26. The lowest BCUT2D eigenvalue weighted by Crippen LogP contribution is -2.42. The topological polar surface area (TPSA) is 83.5 Å². The van der Waals surface area contributed by atoms with Crippen molar-refractivity contribution in [3.05, 3.63) is 0 Å². The van der Waals surface area contributed by atoms with E-state index < -0.39 is 20.1 Å². The van der Waals surface area contributed by atoms with Crippen LogP contribution in [-0.4, -0.2) is 36.5 Å². The molecule has 66 valence electrons.